The molecule has 190 valence electrons. The van der Waals surface area contributed by atoms with Gasteiger partial charge in [0.15, 0.2) is 0 Å². The standard InChI is InChI=1S/C28H29N5O3S/c29-20-23(28(34)31-14-5-2-6-15-31)18-24-21-33(25-11-3-1-4-12-25)30-27(24)22-10-9-13-26(19-22)37(35,36)32-16-7-8-17-32/h1,3-4,9-13,18-19,21H,2,5-8,14-17H2. The van der Waals surface area contributed by atoms with Crippen LogP contribution in [-0.4, -0.2) is 59.5 Å². The normalized spacial score (nSPS) is 17.1. The number of amides is 1. The third kappa shape index (κ3) is 5.22. The second kappa shape index (κ2) is 10.7. The van der Waals surface area contributed by atoms with E-state index in [2.05, 4.69) is 6.07 Å². The summed E-state index contributed by atoms with van der Waals surface area (Å²) in [6.07, 6.45) is 8.00. The van der Waals surface area contributed by atoms with Gasteiger partial charge >= 0.3 is 0 Å². The Bertz CT molecular complexity index is 1460. The van der Waals surface area contributed by atoms with Crippen molar-refractivity contribution in [1.29, 1.82) is 5.26 Å². The van der Waals surface area contributed by atoms with Crippen molar-refractivity contribution < 1.29 is 13.2 Å². The number of piperidine rings is 1. The molecule has 3 aromatic rings. The van der Waals surface area contributed by atoms with E-state index in [1.165, 1.54) is 4.31 Å². The number of nitriles is 1. The van der Waals surface area contributed by atoms with E-state index in [9.17, 15) is 18.5 Å². The van der Waals surface area contributed by atoms with Crippen molar-refractivity contribution in [2.45, 2.75) is 37.0 Å². The Morgan fingerprint density at radius 2 is 1.62 bits per heavy atom. The van der Waals surface area contributed by atoms with Crippen molar-refractivity contribution in [1.82, 2.24) is 19.0 Å². The van der Waals surface area contributed by atoms with E-state index in [1.54, 1.807) is 46.1 Å². The Hall–Kier alpha value is -3.74. The summed E-state index contributed by atoms with van der Waals surface area (Å²) in [4.78, 5) is 15.0. The summed E-state index contributed by atoms with van der Waals surface area (Å²) in [6.45, 7) is 2.33. The number of hydrogen-bond acceptors (Lipinski definition) is 5. The SMILES string of the molecule is N#CC(=Cc1cn(-c2ccccc2)nc1-c1cccc(S(=O)(=O)N2CCCC2)c1)C(=O)N1CCCCC1. The molecule has 9 heteroatoms. The molecule has 2 saturated heterocycles. The summed E-state index contributed by atoms with van der Waals surface area (Å²) < 4.78 is 29.6. The number of para-hydroxylation sites is 1. The van der Waals surface area contributed by atoms with E-state index >= 15 is 0 Å². The third-order valence-corrected chi connectivity index (χ3v) is 8.76. The van der Waals surface area contributed by atoms with Gasteiger partial charge in [0.2, 0.25) is 10.0 Å². The maximum absolute atomic E-state index is 13.2. The quantitative estimate of drug-likeness (QED) is 0.361. The van der Waals surface area contributed by atoms with Gasteiger partial charge in [-0.05, 0) is 62.4 Å². The van der Waals surface area contributed by atoms with Gasteiger partial charge in [0.1, 0.15) is 17.3 Å². The van der Waals surface area contributed by atoms with Crippen molar-refractivity contribution in [3.05, 3.63) is 71.9 Å². The van der Waals surface area contributed by atoms with Crippen LogP contribution in [0.1, 0.15) is 37.7 Å². The number of carbonyl (C=O) groups excluding carboxylic acids is 1. The molecule has 2 aliphatic heterocycles. The molecule has 0 saturated carbocycles. The number of hydrogen-bond donors (Lipinski definition) is 0. The number of likely N-dealkylation sites (tertiary alicyclic amines) is 1. The van der Waals surface area contributed by atoms with Crippen LogP contribution in [0.15, 0.2) is 71.3 Å². The van der Waals surface area contributed by atoms with Crippen LogP contribution in [0.4, 0.5) is 0 Å². The second-order valence-electron chi connectivity index (χ2n) is 9.37. The average molecular weight is 516 g/mol. The smallest absolute Gasteiger partial charge is 0.264 e. The third-order valence-electron chi connectivity index (χ3n) is 6.87. The average Bonchev–Trinajstić information content (AvgIpc) is 3.64. The lowest BCUT2D eigenvalue weighted by Crippen LogP contribution is -2.36. The second-order valence-corrected chi connectivity index (χ2v) is 11.3. The van der Waals surface area contributed by atoms with Crippen molar-refractivity contribution in [3.8, 4) is 23.0 Å². The lowest BCUT2D eigenvalue weighted by atomic mass is 10.0. The molecule has 0 aliphatic carbocycles. The molecule has 37 heavy (non-hydrogen) atoms. The largest absolute Gasteiger partial charge is 0.338 e. The maximum Gasteiger partial charge on any atom is 0.264 e. The molecule has 2 fully saturated rings. The Labute approximate surface area is 217 Å². The van der Waals surface area contributed by atoms with Gasteiger partial charge in [0, 0.05) is 43.5 Å². The molecule has 0 N–H and O–H groups in total. The lowest BCUT2D eigenvalue weighted by molar-refractivity contribution is -0.127. The van der Waals surface area contributed by atoms with Gasteiger partial charge in [-0.15, -0.1) is 0 Å². The first-order chi connectivity index (χ1) is 18.0. The number of rotatable bonds is 6. The summed E-state index contributed by atoms with van der Waals surface area (Å²) in [5, 5.41) is 14.6. The first-order valence-electron chi connectivity index (χ1n) is 12.6. The Morgan fingerprint density at radius 1 is 0.919 bits per heavy atom. The van der Waals surface area contributed by atoms with Crippen molar-refractivity contribution in [2.24, 2.45) is 0 Å². The molecule has 0 bridgehead atoms. The van der Waals surface area contributed by atoms with E-state index in [1.807, 2.05) is 30.3 Å². The Balaban J connectivity index is 1.58. The molecule has 0 atom stereocenters. The molecule has 1 amide bonds. The predicted octanol–water partition coefficient (Wildman–Crippen LogP) is 4.24. The fourth-order valence-electron chi connectivity index (χ4n) is 4.88. The topological polar surface area (TPSA) is 99.3 Å². The number of carbonyl (C=O) groups is 1. The lowest BCUT2D eigenvalue weighted by Gasteiger charge is -2.26. The van der Waals surface area contributed by atoms with Gasteiger partial charge < -0.3 is 4.90 Å². The Morgan fingerprint density at radius 3 is 2.32 bits per heavy atom. The summed E-state index contributed by atoms with van der Waals surface area (Å²) >= 11 is 0. The molecular weight excluding hydrogens is 486 g/mol. The fraction of sp³-hybridized carbons (Fsp3) is 0.321. The minimum absolute atomic E-state index is 0.0385. The highest BCUT2D eigenvalue weighted by Gasteiger charge is 2.28. The molecular formula is C28H29N5O3S. The molecule has 0 unspecified atom stereocenters. The number of aromatic nitrogens is 2. The van der Waals surface area contributed by atoms with Gasteiger partial charge in [-0.25, -0.2) is 13.1 Å². The van der Waals surface area contributed by atoms with Crippen LogP contribution in [0.2, 0.25) is 0 Å². The van der Waals surface area contributed by atoms with E-state index in [0.29, 0.717) is 43.0 Å². The number of nitrogens with zero attached hydrogens (tertiary/aromatic N) is 5. The first-order valence-corrected chi connectivity index (χ1v) is 14.1. The van der Waals surface area contributed by atoms with Crippen LogP contribution in [-0.2, 0) is 14.8 Å². The van der Waals surface area contributed by atoms with E-state index in [4.69, 9.17) is 5.10 Å². The minimum Gasteiger partial charge on any atom is -0.338 e. The highest BCUT2D eigenvalue weighted by Crippen LogP contribution is 2.30. The van der Waals surface area contributed by atoms with Gasteiger partial charge in [-0.2, -0.15) is 14.7 Å². The van der Waals surface area contributed by atoms with Gasteiger partial charge in [-0.3, -0.25) is 4.79 Å². The van der Waals surface area contributed by atoms with Crippen LogP contribution in [0.25, 0.3) is 23.0 Å². The predicted molar refractivity (Wildman–Crippen MR) is 141 cm³/mol. The molecule has 5 rings (SSSR count). The molecule has 3 heterocycles. The van der Waals surface area contributed by atoms with Crippen LogP contribution in [0.5, 0.6) is 0 Å². The Kier molecular flexibility index (Phi) is 7.22. The highest BCUT2D eigenvalue weighted by atomic mass is 32.2. The molecule has 2 aliphatic rings. The van der Waals surface area contributed by atoms with Crippen LogP contribution in [0, 0.1) is 11.3 Å². The summed E-state index contributed by atoms with van der Waals surface area (Å²) in [6, 6.07) is 18.3. The van der Waals surface area contributed by atoms with Crippen LogP contribution in [0.3, 0.4) is 0 Å². The van der Waals surface area contributed by atoms with Crippen LogP contribution >= 0.6 is 0 Å². The highest BCUT2D eigenvalue weighted by molar-refractivity contribution is 7.89. The zero-order valence-corrected chi connectivity index (χ0v) is 21.4. The molecule has 0 radical (unpaired) electrons. The number of benzene rings is 2. The minimum atomic E-state index is -3.61. The monoisotopic (exact) mass is 515 g/mol. The summed E-state index contributed by atoms with van der Waals surface area (Å²) in [7, 11) is -3.61. The number of sulfonamides is 1. The van der Waals surface area contributed by atoms with E-state index in [0.717, 1.165) is 37.8 Å². The van der Waals surface area contributed by atoms with E-state index < -0.39 is 10.0 Å². The molecule has 2 aromatic carbocycles. The molecule has 1 aromatic heterocycles. The van der Waals surface area contributed by atoms with Gasteiger partial charge in [0.25, 0.3) is 5.91 Å². The first kappa shape index (κ1) is 24.9. The molecule has 8 nitrogen and oxygen atoms in total. The summed E-state index contributed by atoms with van der Waals surface area (Å²) in [5.41, 5.74) is 2.52. The fourth-order valence-corrected chi connectivity index (χ4v) is 6.44. The van der Waals surface area contributed by atoms with Gasteiger partial charge in [0.05, 0.1) is 10.6 Å². The zero-order chi connectivity index (χ0) is 25.8. The van der Waals surface area contributed by atoms with Crippen LogP contribution < -0.4 is 0 Å². The van der Waals surface area contributed by atoms with Crippen molar-refractivity contribution in [2.75, 3.05) is 26.2 Å². The van der Waals surface area contributed by atoms with Crippen molar-refractivity contribution >= 4 is 22.0 Å². The summed E-state index contributed by atoms with van der Waals surface area (Å²) in [5.74, 6) is -0.286. The maximum atomic E-state index is 13.2. The molecule has 0 spiro atoms. The van der Waals surface area contributed by atoms with Crippen molar-refractivity contribution in [3.63, 3.8) is 0 Å². The zero-order valence-electron chi connectivity index (χ0n) is 20.6. The van der Waals surface area contributed by atoms with E-state index in [-0.39, 0.29) is 16.4 Å². The van der Waals surface area contributed by atoms with Gasteiger partial charge in [-0.1, -0.05) is 30.3 Å².